The van der Waals surface area contributed by atoms with Gasteiger partial charge in [-0.15, -0.1) is 0 Å². The molecule has 1 N–H and O–H groups in total. The summed E-state index contributed by atoms with van der Waals surface area (Å²) in [5.41, 5.74) is 0.401. The maximum Gasteiger partial charge on any atom is 0.410 e. The van der Waals surface area contributed by atoms with Crippen LogP contribution in [0.25, 0.3) is 0 Å². The first-order chi connectivity index (χ1) is 14.5. The first-order valence-corrected chi connectivity index (χ1v) is 12.9. The number of fused-ring (bicyclic) bond motifs is 1. The number of carbonyl (C=O) groups excluding carboxylic acids is 1. The van der Waals surface area contributed by atoms with E-state index in [0.29, 0.717) is 25.6 Å². The van der Waals surface area contributed by atoms with Crippen LogP contribution in [-0.4, -0.2) is 56.0 Å². The highest BCUT2D eigenvalue weighted by molar-refractivity contribution is 7.89. The summed E-state index contributed by atoms with van der Waals surface area (Å²) in [5.74, 6) is 1.33. The van der Waals surface area contributed by atoms with Crippen molar-refractivity contribution >= 4 is 16.1 Å². The van der Waals surface area contributed by atoms with Gasteiger partial charge in [0.1, 0.15) is 17.0 Å². The highest BCUT2D eigenvalue weighted by Crippen LogP contribution is 2.46. The minimum atomic E-state index is -3.16. The SMILES string of the molecule is CCS(=O)(=O)NCCCC1CC2(CCN(C(=O)OC(C)(C)C)CC2)Oc2ccccc21. The van der Waals surface area contributed by atoms with E-state index in [1.165, 1.54) is 5.56 Å². The lowest BCUT2D eigenvalue weighted by atomic mass is 9.76. The zero-order valence-electron chi connectivity index (χ0n) is 19.1. The minimum Gasteiger partial charge on any atom is -0.487 e. The quantitative estimate of drug-likeness (QED) is 0.659. The monoisotopic (exact) mass is 452 g/mol. The number of rotatable bonds is 6. The van der Waals surface area contributed by atoms with Crippen LogP contribution in [0.5, 0.6) is 5.75 Å². The highest BCUT2D eigenvalue weighted by Gasteiger charge is 2.44. The molecule has 174 valence electrons. The maximum absolute atomic E-state index is 12.4. The fourth-order valence-electron chi connectivity index (χ4n) is 4.41. The van der Waals surface area contributed by atoms with Gasteiger partial charge in [-0.05, 0) is 64.5 Å². The first kappa shape index (κ1) is 23.9. The molecule has 3 rings (SSSR count). The second-order valence-electron chi connectivity index (χ2n) is 9.63. The molecule has 1 saturated heterocycles. The third kappa shape index (κ3) is 6.35. The van der Waals surface area contributed by atoms with Gasteiger partial charge in [0.15, 0.2) is 0 Å². The van der Waals surface area contributed by atoms with E-state index in [-0.39, 0.29) is 17.4 Å². The van der Waals surface area contributed by atoms with Crippen LogP contribution in [0.4, 0.5) is 4.79 Å². The predicted molar refractivity (Wildman–Crippen MR) is 121 cm³/mol. The number of benzene rings is 1. The van der Waals surface area contributed by atoms with Gasteiger partial charge in [-0.2, -0.15) is 0 Å². The predicted octanol–water partition coefficient (Wildman–Crippen LogP) is 4.04. The van der Waals surface area contributed by atoms with Crippen LogP contribution in [0.1, 0.15) is 71.3 Å². The Morgan fingerprint density at radius 1 is 1.26 bits per heavy atom. The molecule has 0 radical (unpaired) electrons. The molecule has 1 atom stereocenters. The molecular weight excluding hydrogens is 416 g/mol. The molecule has 1 amide bonds. The third-order valence-corrected chi connectivity index (χ3v) is 7.47. The smallest absolute Gasteiger partial charge is 0.410 e. The van der Waals surface area contributed by atoms with E-state index in [4.69, 9.17) is 9.47 Å². The van der Waals surface area contributed by atoms with E-state index in [0.717, 1.165) is 37.9 Å². The number of carbonyl (C=O) groups is 1. The number of nitrogens with zero attached hydrogens (tertiary/aromatic N) is 1. The molecular formula is C23H36N2O5S. The van der Waals surface area contributed by atoms with Gasteiger partial charge in [-0.1, -0.05) is 18.2 Å². The normalized spacial score (nSPS) is 20.8. The zero-order chi connectivity index (χ0) is 22.7. The standard InChI is InChI=1S/C23H36N2O5S/c1-5-31(27,28)24-14-8-9-18-17-23(29-20-11-7-6-10-19(18)20)12-15-25(16-13-23)21(26)30-22(2,3)4/h6-7,10-11,18,24H,5,8-9,12-17H2,1-4H3. The molecule has 1 spiro atoms. The first-order valence-electron chi connectivity index (χ1n) is 11.3. The average Bonchev–Trinajstić information content (AvgIpc) is 2.70. The minimum absolute atomic E-state index is 0.102. The summed E-state index contributed by atoms with van der Waals surface area (Å²) in [6.45, 7) is 8.95. The number of piperidine rings is 1. The molecule has 0 aromatic heterocycles. The highest BCUT2D eigenvalue weighted by atomic mass is 32.2. The van der Waals surface area contributed by atoms with Crippen LogP contribution in [-0.2, 0) is 14.8 Å². The summed E-state index contributed by atoms with van der Waals surface area (Å²) in [6, 6.07) is 8.14. The molecule has 2 heterocycles. The zero-order valence-corrected chi connectivity index (χ0v) is 20.0. The number of hydrogen-bond acceptors (Lipinski definition) is 5. The molecule has 2 aliphatic heterocycles. The Morgan fingerprint density at radius 2 is 1.94 bits per heavy atom. The van der Waals surface area contributed by atoms with E-state index in [2.05, 4.69) is 10.8 Å². The molecule has 2 aliphatic rings. The molecule has 8 heteroatoms. The van der Waals surface area contributed by atoms with Crippen LogP contribution in [0, 0.1) is 0 Å². The number of likely N-dealkylation sites (tertiary alicyclic amines) is 1. The maximum atomic E-state index is 12.4. The summed E-state index contributed by atoms with van der Waals surface area (Å²) in [5, 5.41) is 0. The third-order valence-electron chi connectivity index (χ3n) is 6.06. The second-order valence-corrected chi connectivity index (χ2v) is 11.7. The van der Waals surface area contributed by atoms with Gasteiger partial charge in [0, 0.05) is 32.5 Å². The van der Waals surface area contributed by atoms with Crippen molar-refractivity contribution < 1.29 is 22.7 Å². The molecule has 0 saturated carbocycles. The number of nitrogens with one attached hydrogen (secondary N) is 1. The van der Waals surface area contributed by atoms with E-state index < -0.39 is 15.6 Å². The van der Waals surface area contributed by atoms with Gasteiger partial charge >= 0.3 is 6.09 Å². The van der Waals surface area contributed by atoms with E-state index in [1.807, 2.05) is 39.0 Å². The van der Waals surface area contributed by atoms with E-state index in [1.54, 1.807) is 11.8 Å². The Bertz CT molecular complexity index is 870. The van der Waals surface area contributed by atoms with Gasteiger partial charge in [0.2, 0.25) is 10.0 Å². The second kappa shape index (κ2) is 9.36. The Kier molecular flexibility index (Phi) is 7.21. The number of hydrogen-bond donors (Lipinski definition) is 1. The van der Waals surface area contributed by atoms with Gasteiger partial charge in [-0.3, -0.25) is 0 Å². The summed E-state index contributed by atoms with van der Waals surface area (Å²) < 4.78 is 38.1. The number of sulfonamides is 1. The van der Waals surface area contributed by atoms with Crippen molar-refractivity contribution in [1.29, 1.82) is 0 Å². The summed E-state index contributed by atoms with van der Waals surface area (Å²) in [6.07, 6.45) is 3.81. The van der Waals surface area contributed by atoms with Crippen molar-refractivity contribution in [2.45, 2.75) is 76.9 Å². The molecule has 1 unspecified atom stereocenters. The Balaban J connectivity index is 1.64. The average molecular weight is 453 g/mol. The van der Waals surface area contributed by atoms with Crippen LogP contribution in [0.15, 0.2) is 24.3 Å². The lowest BCUT2D eigenvalue weighted by Gasteiger charge is -2.47. The Labute approximate surface area is 186 Å². The van der Waals surface area contributed by atoms with Crippen LogP contribution < -0.4 is 9.46 Å². The largest absolute Gasteiger partial charge is 0.487 e. The molecule has 0 aliphatic carbocycles. The number of para-hydroxylation sites is 1. The van der Waals surface area contributed by atoms with Crippen molar-refractivity contribution in [3.63, 3.8) is 0 Å². The van der Waals surface area contributed by atoms with Crippen LogP contribution in [0.2, 0.25) is 0 Å². The van der Waals surface area contributed by atoms with Gasteiger partial charge < -0.3 is 14.4 Å². The van der Waals surface area contributed by atoms with Gasteiger partial charge in [0.25, 0.3) is 0 Å². The number of ether oxygens (including phenoxy) is 2. The molecule has 1 aromatic rings. The van der Waals surface area contributed by atoms with E-state index >= 15 is 0 Å². The lowest BCUT2D eigenvalue weighted by molar-refractivity contribution is -0.0330. The summed E-state index contributed by atoms with van der Waals surface area (Å²) in [4.78, 5) is 14.2. The fraction of sp³-hybridized carbons (Fsp3) is 0.696. The molecule has 1 aromatic carbocycles. The van der Waals surface area contributed by atoms with Crippen molar-refractivity contribution in [1.82, 2.24) is 9.62 Å². The molecule has 0 bridgehead atoms. The van der Waals surface area contributed by atoms with E-state index in [9.17, 15) is 13.2 Å². The fourth-order valence-corrected chi connectivity index (χ4v) is 5.07. The van der Waals surface area contributed by atoms with Crippen LogP contribution in [0.3, 0.4) is 0 Å². The summed E-state index contributed by atoms with van der Waals surface area (Å²) in [7, 11) is -3.16. The molecule has 1 fully saturated rings. The molecule has 31 heavy (non-hydrogen) atoms. The van der Waals surface area contributed by atoms with Crippen molar-refractivity contribution in [2.75, 3.05) is 25.4 Å². The Hall–Kier alpha value is -1.80. The van der Waals surface area contributed by atoms with Crippen molar-refractivity contribution in [3.8, 4) is 5.75 Å². The topological polar surface area (TPSA) is 84.9 Å². The van der Waals surface area contributed by atoms with Crippen molar-refractivity contribution in [3.05, 3.63) is 29.8 Å². The lowest BCUT2D eigenvalue weighted by Crippen LogP contribution is -2.52. The van der Waals surface area contributed by atoms with Crippen molar-refractivity contribution in [2.24, 2.45) is 0 Å². The number of amides is 1. The Morgan fingerprint density at radius 3 is 2.58 bits per heavy atom. The molecule has 7 nitrogen and oxygen atoms in total. The van der Waals surface area contributed by atoms with Crippen LogP contribution >= 0.6 is 0 Å². The van der Waals surface area contributed by atoms with Gasteiger partial charge in [-0.25, -0.2) is 17.9 Å². The summed E-state index contributed by atoms with van der Waals surface area (Å²) >= 11 is 0. The van der Waals surface area contributed by atoms with Gasteiger partial charge in [0.05, 0.1) is 5.75 Å².